The first-order valence-electron chi connectivity index (χ1n) is 9.29. The lowest BCUT2D eigenvalue weighted by molar-refractivity contribution is 0.269. The number of nitrogens with zero attached hydrogens (tertiary/aromatic N) is 1. The van der Waals surface area contributed by atoms with Crippen LogP contribution in [0.4, 0.5) is 0 Å². The van der Waals surface area contributed by atoms with Crippen molar-refractivity contribution in [1.82, 2.24) is 5.32 Å². The van der Waals surface area contributed by atoms with E-state index in [0.717, 1.165) is 29.9 Å². The summed E-state index contributed by atoms with van der Waals surface area (Å²) in [6.45, 7) is 3.36. The number of fused-ring (bicyclic) bond motifs is 1. The van der Waals surface area contributed by atoms with Crippen LogP contribution in [-0.2, 0) is 0 Å². The molecule has 2 aliphatic rings. The Kier molecular flexibility index (Phi) is 4.69. The predicted molar refractivity (Wildman–Crippen MR) is 103 cm³/mol. The molecule has 1 aliphatic heterocycles. The van der Waals surface area contributed by atoms with Gasteiger partial charge in [-0.05, 0) is 37.1 Å². The van der Waals surface area contributed by atoms with Crippen molar-refractivity contribution in [1.29, 1.82) is 0 Å². The molecule has 0 amide bonds. The highest BCUT2D eigenvalue weighted by molar-refractivity contribution is 5.79. The molecule has 0 spiro atoms. The fourth-order valence-electron chi connectivity index (χ4n) is 3.55. The third-order valence-corrected chi connectivity index (χ3v) is 4.96. The normalized spacial score (nSPS) is 24.3. The SMILES string of the molecule is CCOc1ccc([C@@H]2C[C@H]2NC(N)=NC2CCOc3ccccc32)cc1. The van der Waals surface area contributed by atoms with Crippen LogP contribution in [-0.4, -0.2) is 25.2 Å². The summed E-state index contributed by atoms with van der Waals surface area (Å²) in [5, 5.41) is 3.38. The Hall–Kier alpha value is -2.69. The van der Waals surface area contributed by atoms with Gasteiger partial charge in [0, 0.05) is 23.9 Å². The molecule has 4 rings (SSSR count). The Labute approximate surface area is 154 Å². The zero-order valence-electron chi connectivity index (χ0n) is 15.0. The molecule has 3 N–H and O–H groups in total. The maximum absolute atomic E-state index is 6.18. The Morgan fingerprint density at radius 2 is 2.04 bits per heavy atom. The molecule has 2 aromatic rings. The topological polar surface area (TPSA) is 68.9 Å². The van der Waals surface area contributed by atoms with E-state index in [1.54, 1.807) is 0 Å². The molecule has 5 heteroatoms. The largest absolute Gasteiger partial charge is 0.494 e. The van der Waals surface area contributed by atoms with Gasteiger partial charge in [0.1, 0.15) is 11.5 Å². The van der Waals surface area contributed by atoms with E-state index < -0.39 is 0 Å². The highest BCUT2D eigenvalue weighted by atomic mass is 16.5. The average molecular weight is 351 g/mol. The zero-order chi connectivity index (χ0) is 17.9. The number of nitrogens with two attached hydrogens (primary N) is 1. The Balaban J connectivity index is 1.37. The summed E-state index contributed by atoms with van der Waals surface area (Å²) in [7, 11) is 0. The highest BCUT2D eigenvalue weighted by Gasteiger charge is 2.38. The monoisotopic (exact) mass is 351 g/mol. The molecule has 2 aromatic carbocycles. The Morgan fingerprint density at radius 3 is 2.85 bits per heavy atom. The number of guanidine groups is 1. The van der Waals surface area contributed by atoms with Crippen LogP contribution in [0.2, 0.25) is 0 Å². The first kappa shape index (κ1) is 16.8. The number of hydrogen-bond donors (Lipinski definition) is 2. The zero-order valence-corrected chi connectivity index (χ0v) is 15.0. The van der Waals surface area contributed by atoms with Crippen molar-refractivity contribution < 1.29 is 9.47 Å². The van der Waals surface area contributed by atoms with Gasteiger partial charge in [-0.2, -0.15) is 0 Å². The van der Waals surface area contributed by atoms with Crippen LogP contribution in [0, 0.1) is 0 Å². The molecule has 1 unspecified atom stereocenters. The van der Waals surface area contributed by atoms with Crippen molar-refractivity contribution in [2.24, 2.45) is 10.7 Å². The average Bonchev–Trinajstić information content (AvgIpc) is 3.42. The Morgan fingerprint density at radius 1 is 1.23 bits per heavy atom. The van der Waals surface area contributed by atoms with E-state index in [1.165, 1.54) is 5.56 Å². The van der Waals surface area contributed by atoms with E-state index in [-0.39, 0.29) is 6.04 Å². The van der Waals surface area contributed by atoms with Crippen LogP contribution in [0.3, 0.4) is 0 Å². The van der Waals surface area contributed by atoms with Gasteiger partial charge in [0.05, 0.1) is 19.3 Å². The number of hydrogen-bond acceptors (Lipinski definition) is 3. The van der Waals surface area contributed by atoms with Crippen LogP contribution >= 0.6 is 0 Å². The van der Waals surface area contributed by atoms with Gasteiger partial charge in [-0.1, -0.05) is 30.3 Å². The van der Waals surface area contributed by atoms with Gasteiger partial charge in [0.2, 0.25) is 0 Å². The molecular weight excluding hydrogens is 326 g/mol. The second kappa shape index (κ2) is 7.28. The number of para-hydroxylation sites is 1. The van der Waals surface area contributed by atoms with E-state index in [1.807, 2.05) is 37.3 Å². The summed E-state index contributed by atoms with van der Waals surface area (Å²) in [6.07, 6.45) is 1.93. The first-order chi connectivity index (χ1) is 12.7. The van der Waals surface area contributed by atoms with Crippen molar-refractivity contribution in [2.75, 3.05) is 13.2 Å². The second-order valence-electron chi connectivity index (χ2n) is 6.80. The molecule has 3 atom stereocenters. The fourth-order valence-corrected chi connectivity index (χ4v) is 3.55. The van der Waals surface area contributed by atoms with Gasteiger partial charge in [0.15, 0.2) is 5.96 Å². The number of rotatable bonds is 5. The number of aliphatic imine (C=N–C) groups is 1. The minimum Gasteiger partial charge on any atom is -0.494 e. The molecule has 1 saturated carbocycles. The number of benzene rings is 2. The first-order valence-corrected chi connectivity index (χ1v) is 9.29. The summed E-state index contributed by atoms with van der Waals surface area (Å²) in [5.41, 5.74) is 8.61. The van der Waals surface area contributed by atoms with Gasteiger partial charge in [-0.3, -0.25) is 0 Å². The smallest absolute Gasteiger partial charge is 0.189 e. The molecule has 5 nitrogen and oxygen atoms in total. The lowest BCUT2D eigenvalue weighted by Gasteiger charge is -2.23. The summed E-state index contributed by atoms with van der Waals surface area (Å²) in [4.78, 5) is 4.71. The van der Waals surface area contributed by atoms with Gasteiger partial charge >= 0.3 is 0 Å². The molecule has 0 radical (unpaired) electrons. The van der Waals surface area contributed by atoms with Crippen LogP contribution in [0.25, 0.3) is 0 Å². The quantitative estimate of drug-likeness (QED) is 0.640. The molecular formula is C21H25N3O2. The minimum atomic E-state index is 0.0649. The van der Waals surface area contributed by atoms with Crippen molar-refractivity contribution in [3.05, 3.63) is 59.7 Å². The molecule has 0 bridgehead atoms. The Bertz CT molecular complexity index is 788. The summed E-state index contributed by atoms with van der Waals surface area (Å²) >= 11 is 0. The third-order valence-electron chi connectivity index (χ3n) is 4.96. The van der Waals surface area contributed by atoms with Gasteiger partial charge in [-0.15, -0.1) is 0 Å². The lowest BCUT2D eigenvalue weighted by Crippen LogP contribution is -2.35. The maximum Gasteiger partial charge on any atom is 0.189 e. The fraction of sp³-hybridized carbons (Fsp3) is 0.381. The van der Waals surface area contributed by atoms with Gasteiger partial charge in [-0.25, -0.2) is 4.99 Å². The minimum absolute atomic E-state index is 0.0649. The van der Waals surface area contributed by atoms with Crippen molar-refractivity contribution in [2.45, 2.75) is 37.8 Å². The van der Waals surface area contributed by atoms with Gasteiger partial charge in [0.25, 0.3) is 0 Å². The number of ether oxygens (including phenoxy) is 2. The third kappa shape index (κ3) is 3.62. The molecule has 1 aliphatic carbocycles. The van der Waals surface area contributed by atoms with Gasteiger partial charge < -0.3 is 20.5 Å². The van der Waals surface area contributed by atoms with Crippen molar-refractivity contribution in [3.8, 4) is 11.5 Å². The molecule has 1 fully saturated rings. The van der Waals surface area contributed by atoms with Crippen LogP contribution in [0.15, 0.2) is 53.5 Å². The molecule has 0 aromatic heterocycles. The highest BCUT2D eigenvalue weighted by Crippen LogP contribution is 2.41. The van der Waals surface area contributed by atoms with E-state index in [9.17, 15) is 0 Å². The predicted octanol–water partition coefficient (Wildman–Crippen LogP) is 3.37. The summed E-state index contributed by atoms with van der Waals surface area (Å²) in [5.74, 6) is 2.84. The number of nitrogens with one attached hydrogen (secondary N) is 1. The van der Waals surface area contributed by atoms with Crippen molar-refractivity contribution in [3.63, 3.8) is 0 Å². The van der Waals surface area contributed by atoms with E-state index >= 15 is 0 Å². The van der Waals surface area contributed by atoms with Crippen LogP contribution in [0.5, 0.6) is 11.5 Å². The van der Waals surface area contributed by atoms with Crippen LogP contribution < -0.4 is 20.5 Å². The summed E-state index contributed by atoms with van der Waals surface area (Å²) < 4.78 is 11.2. The van der Waals surface area contributed by atoms with Crippen molar-refractivity contribution >= 4 is 5.96 Å². The molecule has 26 heavy (non-hydrogen) atoms. The summed E-state index contributed by atoms with van der Waals surface area (Å²) in [6, 6.07) is 16.8. The second-order valence-corrected chi connectivity index (χ2v) is 6.80. The van der Waals surface area contributed by atoms with E-state index in [0.29, 0.717) is 31.1 Å². The standard InChI is InChI=1S/C21H25N3O2/c1-2-25-15-9-7-14(8-10-15)17-13-19(17)24-21(22)23-18-11-12-26-20-6-4-3-5-16(18)20/h3-10,17-19H,2,11-13H2,1H3,(H3,22,23,24)/t17-,18?,19+/m0/s1. The molecule has 0 saturated heterocycles. The molecule has 136 valence electrons. The lowest BCUT2D eigenvalue weighted by atomic mass is 10.0. The molecule has 1 heterocycles. The maximum atomic E-state index is 6.18. The van der Waals surface area contributed by atoms with Crippen LogP contribution in [0.1, 0.15) is 42.9 Å². The van der Waals surface area contributed by atoms with E-state index in [4.69, 9.17) is 20.2 Å². The van der Waals surface area contributed by atoms with E-state index in [2.05, 4.69) is 23.5 Å².